The van der Waals surface area contributed by atoms with Gasteiger partial charge in [-0.2, -0.15) is 0 Å². The quantitative estimate of drug-likeness (QED) is 0.846. The predicted molar refractivity (Wildman–Crippen MR) is 92.6 cm³/mol. The first-order valence-electron chi connectivity index (χ1n) is 7.21. The lowest BCUT2D eigenvalue weighted by molar-refractivity contribution is 0.0954. The number of halogens is 1. The molecule has 2 aromatic rings. The van der Waals surface area contributed by atoms with Crippen LogP contribution in [0.2, 0.25) is 5.02 Å². The second-order valence-electron chi connectivity index (χ2n) is 5.30. The summed E-state index contributed by atoms with van der Waals surface area (Å²) in [5.41, 5.74) is 1.25. The minimum atomic E-state index is -3.71. The van der Waals surface area contributed by atoms with Crippen molar-refractivity contribution in [2.45, 2.75) is 11.3 Å². The van der Waals surface area contributed by atoms with Gasteiger partial charge in [-0.1, -0.05) is 17.7 Å². The maximum absolute atomic E-state index is 12.2. The van der Waals surface area contributed by atoms with E-state index in [-0.39, 0.29) is 21.4 Å². The van der Waals surface area contributed by atoms with E-state index in [1.807, 2.05) is 12.1 Å². The maximum atomic E-state index is 12.2. The summed E-state index contributed by atoms with van der Waals surface area (Å²) in [6.07, 6.45) is 4.05. The number of hydrogen-bond donors (Lipinski definition) is 1. The van der Waals surface area contributed by atoms with Gasteiger partial charge in [0.1, 0.15) is 4.90 Å². The topological polar surface area (TPSA) is 79.4 Å². The van der Waals surface area contributed by atoms with Crippen molar-refractivity contribution in [2.24, 2.45) is 0 Å². The van der Waals surface area contributed by atoms with Crippen molar-refractivity contribution in [2.75, 3.05) is 20.6 Å². The van der Waals surface area contributed by atoms with Crippen LogP contribution < -0.4 is 5.32 Å². The summed E-state index contributed by atoms with van der Waals surface area (Å²) in [5.74, 6) is -0.356. The smallest absolute Gasteiger partial charge is 0.251 e. The van der Waals surface area contributed by atoms with Crippen molar-refractivity contribution in [3.05, 3.63) is 58.9 Å². The van der Waals surface area contributed by atoms with Gasteiger partial charge in [0.15, 0.2) is 0 Å². The highest BCUT2D eigenvalue weighted by Gasteiger charge is 2.22. The number of amides is 1. The van der Waals surface area contributed by atoms with Crippen LogP contribution in [0.25, 0.3) is 0 Å². The molecular formula is C16H18ClN3O3S. The first-order valence-corrected chi connectivity index (χ1v) is 9.03. The Labute approximate surface area is 146 Å². The van der Waals surface area contributed by atoms with Crippen molar-refractivity contribution in [1.82, 2.24) is 14.6 Å². The van der Waals surface area contributed by atoms with Crippen molar-refractivity contribution in [3.8, 4) is 0 Å². The molecule has 2 rings (SSSR count). The molecule has 1 aromatic heterocycles. The summed E-state index contributed by atoms with van der Waals surface area (Å²) < 4.78 is 25.5. The highest BCUT2D eigenvalue weighted by molar-refractivity contribution is 7.89. The zero-order valence-electron chi connectivity index (χ0n) is 13.4. The summed E-state index contributed by atoms with van der Waals surface area (Å²) in [5, 5.41) is 2.84. The number of hydrogen-bond acceptors (Lipinski definition) is 4. The Bertz CT molecular complexity index is 824. The van der Waals surface area contributed by atoms with Crippen LogP contribution in [0.15, 0.2) is 47.6 Å². The van der Waals surface area contributed by atoms with Gasteiger partial charge in [0.05, 0.1) is 5.02 Å². The van der Waals surface area contributed by atoms with Crippen LogP contribution in [0.3, 0.4) is 0 Å². The molecule has 0 atom stereocenters. The Hall–Kier alpha value is -1.96. The molecule has 0 aliphatic rings. The third kappa shape index (κ3) is 4.31. The molecule has 8 heteroatoms. The molecule has 0 spiro atoms. The fourth-order valence-corrected chi connectivity index (χ4v) is 3.40. The Morgan fingerprint density at radius 2 is 2.04 bits per heavy atom. The van der Waals surface area contributed by atoms with E-state index < -0.39 is 10.0 Å². The van der Waals surface area contributed by atoms with Gasteiger partial charge in [0, 0.05) is 38.6 Å². The van der Waals surface area contributed by atoms with E-state index in [0.717, 1.165) is 9.87 Å². The van der Waals surface area contributed by atoms with Crippen LogP contribution in [-0.2, 0) is 16.4 Å². The molecule has 0 radical (unpaired) electrons. The fraction of sp³-hybridized carbons (Fsp3) is 0.250. The lowest BCUT2D eigenvalue weighted by Gasteiger charge is -2.14. The van der Waals surface area contributed by atoms with Gasteiger partial charge in [0.2, 0.25) is 10.0 Å². The summed E-state index contributed by atoms with van der Waals surface area (Å²) in [6.45, 7) is 0.420. The van der Waals surface area contributed by atoms with Crippen molar-refractivity contribution in [1.29, 1.82) is 0 Å². The van der Waals surface area contributed by atoms with E-state index in [1.165, 1.54) is 32.3 Å². The number of carbonyl (C=O) groups is 1. The average Bonchev–Trinajstić information content (AvgIpc) is 2.55. The molecule has 0 aliphatic carbocycles. The van der Waals surface area contributed by atoms with E-state index in [4.69, 9.17) is 11.6 Å². The number of benzene rings is 1. The van der Waals surface area contributed by atoms with E-state index in [2.05, 4.69) is 10.3 Å². The van der Waals surface area contributed by atoms with Gasteiger partial charge < -0.3 is 5.32 Å². The molecule has 0 bridgehead atoms. The molecule has 0 fully saturated rings. The van der Waals surface area contributed by atoms with Crippen molar-refractivity contribution in [3.63, 3.8) is 0 Å². The predicted octanol–water partition coefficient (Wildman–Crippen LogP) is 1.96. The molecule has 1 aromatic carbocycles. The number of carbonyl (C=O) groups excluding carboxylic acids is 1. The third-order valence-corrected chi connectivity index (χ3v) is 5.67. The Kier molecular flexibility index (Phi) is 5.93. The molecule has 0 aliphatic heterocycles. The van der Waals surface area contributed by atoms with Gasteiger partial charge >= 0.3 is 0 Å². The number of rotatable bonds is 6. The largest absolute Gasteiger partial charge is 0.352 e. The lowest BCUT2D eigenvalue weighted by Crippen LogP contribution is -2.27. The minimum absolute atomic E-state index is 0.0793. The Morgan fingerprint density at radius 3 is 2.67 bits per heavy atom. The molecular weight excluding hydrogens is 350 g/mol. The summed E-state index contributed by atoms with van der Waals surface area (Å²) in [4.78, 5) is 16.1. The number of nitrogens with one attached hydrogen (secondary N) is 1. The number of nitrogens with zero attached hydrogens (tertiary/aromatic N) is 2. The fourth-order valence-electron chi connectivity index (χ4n) is 2.01. The van der Waals surface area contributed by atoms with Crippen molar-refractivity contribution >= 4 is 27.5 Å². The lowest BCUT2D eigenvalue weighted by atomic mass is 10.2. The van der Waals surface area contributed by atoms with Gasteiger partial charge in [-0.15, -0.1) is 0 Å². The average molecular weight is 368 g/mol. The van der Waals surface area contributed by atoms with Crippen LogP contribution in [0.1, 0.15) is 15.9 Å². The SMILES string of the molecule is CN(C)S(=O)(=O)c1cc(C(=O)NCCc2cccnc2)ccc1Cl. The van der Waals surface area contributed by atoms with E-state index in [0.29, 0.717) is 13.0 Å². The second-order valence-corrected chi connectivity index (χ2v) is 7.83. The number of aromatic nitrogens is 1. The van der Waals surface area contributed by atoms with Crippen LogP contribution in [-0.4, -0.2) is 44.3 Å². The van der Waals surface area contributed by atoms with E-state index in [9.17, 15) is 13.2 Å². The van der Waals surface area contributed by atoms with Gasteiger partial charge in [-0.05, 0) is 36.2 Å². The maximum Gasteiger partial charge on any atom is 0.251 e. The molecule has 24 heavy (non-hydrogen) atoms. The zero-order chi connectivity index (χ0) is 17.7. The second kappa shape index (κ2) is 7.74. The summed E-state index contributed by atoms with van der Waals surface area (Å²) in [7, 11) is -0.896. The molecule has 1 amide bonds. The molecule has 0 saturated heterocycles. The normalized spacial score (nSPS) is 11.5. The van der Waals surface area contributed by atoms with Gasteiger partial charge in [-0.25, -0.2) is 12.7 Å². The Morgan fingerprint density at radius 1 is 1.29 bits per heavy atom. The minimum Gasteiger partial charge on any atom is -0.352 e. The summed E-state index contributed by atoms with van der Waals surface area (Å²) >= 11 is 5.97. The molecule has 1 N–H and O–H groups in total. The molecule has 6 nitrogen and oxygen atoms in total. The monoisotopic (exact) mass is 367 g/mol. The van der Waals surface area contributed by atoms with E-state index >= 15 is 0 Å². The molecule has 0 unspecified atom stereocenters. The van der Waals surface area contributed by atoms with Crippen LogP contribution in [0, 0.1) is 0 Å². The highest BCUT2D eigenvalue weighted by Crippen LogP contribution is 2.24. The molecule has 0 saturated carbocycles. The Balaban J connectivity index is 2.10. The first kappa shape index (κ1) is 18.4. The van der Waals surface area contributed by atoms with Crippen molar-refractivity contribution < 1.29 is 13.2 Å². The van der Waals surface area contributed by atoms with E-state index in [1.54, 1.807) is 12.4 Å². The van der Waals surface area contributed by atoms with Gasteiger partial charge in [-0.3, -0.25) is 9.78 Å². The molecule has 128 valence electrons. The highest BCUT2D eigenvalue weighted by atomic mass is 35.5. The zero-order valence-corrected chi connectivity index (χ0v) is 14.9. The van der Waals surface area contributed by atoms with Crippen LogP contribution in [0.5, 0.6) is 0 Å². The first-order chi connectivity index (χ1) is 11.3. The number of sulfonamides is 1. The number of pyridine rings is 1. The summed E-state index contributed by atoms with van der Waals surface area (Å²) in [6, 6.07) is 7.94. The van der Waals surface area contributed by atoms with Crippen LogP contribution >= 0.6 is 11.6 Å². The standard InChI is InChI=1S/C16H18ClN3O3S/c1-20(2)24(22,23)15-10-13(5-6-14(15)17)16(21)19-9-7-12-4-3-8-18-11-12/h3-6,8,10-11H,7,9H2,1-2H3,(H,19,21). The van der Waals surface area contributed by atoms with Gasteiger partial charge in [0.25, 0.3) is 5.91 Å². The molecule has 1 heterocycles. The third-order valence-electron chi connectivity index (χ3n) is 3.37. The van der Waals surface area contributed by atoms with Crippen LogP contribution in [0.4, 0.5) is 0 Å².